The number of carbonyl (C=O) groups is 1. The van der Waals surface area contributed by atoms with Crippen molar-refractivity contribution in [3.8, 4) is 5.75 Å². The molecule has 0 saturated carbocycles. The Morgan fingerprint density at radius 3 is 2.81 bits per heavy atom. The van der Waals surface area contributed by atoms with Gasteiger partial charge < -0.3 is 14.2 Å². The predicted octanol–water partition coefficient (Wildman–Crippen LogP) is 2.72. The van der Waals surface area contributed by atoms with E-state index in [2.05, 4.69) is 18.2 Å². The highest BCUT2D eigenvalue weighted by Gasteiger charge is 2.21. The van der Waals surface area contributed by atoms with Gasteiger partial charge in [0.2, 0.25) is 0 Å². The fraction of sp³-hybridized carbons (Fsp3) is 0.353. The molecule has 1 saturated heterocycles. The van der Waals surface area contributed by atoms with Crippen molar-refractivity contribution in [2.75, 3.05) is 19.8 Å². The lowest BCUT2D eigenvalue weighted by molar-refractivity contribution is -0.120. The van der Waals surface area contributed by atoms with Gasteiger partial charge in [-0.05, 0) is 41.3 Å². The number of epoxide rings is 1. The summed E-state index contributed by atoms with van der Waals surface area (Å²) in [4.78, 5) is 10.3. The van der Waals surface area contributed by atoms with Crippen molar-refractivity contribution in [2.45, 2.75) is 18.9 Å². The minimum absolute atomic E-state index is 0.341. The second-order valence-corrected chi connectivity index (χ2v) is 5.19. The van der Waals surface area contributed by atoms with Crippen LogP contribution in [0.5, 0.6) is 5.75 Å². The Hall–Kier alpha value is -1.91. The average Bonchev–Trinajstić information content (AvgIpc) is 3.31. The topological polar surface area (TPSA) is 48.1 Å². The molecule has 2 aromatic carbocycles. The lowest BCUT2D eigenvalue weighted by atomic mass is 10.0. The molecule has 1 atom stereocenters. The van der Waals surface area contributed by atoms with E-state index >= 15 is 0 Å². The van der Waals surface area contributed by atoms with Gasteiger partial charge in [-0.25, -0.2) is 0 Å². The van der Waals surface area contributed by atoms with Crippen LogP contribution in [-0.2, 0) is 20.7 Å². The molecule has 110 valence electrons. The molecule has 1 unspecified atom stereocenters. The number of ether oxygens (including phenoxy) is 3. The molecular formula is C17H18O4. The summed E-state index contributed by atoms with van der Waals surface area (Å²) in [7, 11) is 0. The van der Waals surface area contributed by atoms with Gasteiger partial charge in [0.15, 0.2) is 0 Å². The van der Waals surface area contributed by atoms with Crippen LogP contribution in [0.4, 0.5) is 0 Å². The smallest absolute Gasteiger partial charge is 0.298 e. The number of aryl methyl sites for hydroxylation is 1. The quantitative estimate of drug-likeness (QED) is 0.425. The zero-order valence-corrected chi connectivity index (χ0v) is 11.8. The van der Waals surface area contributed by atoms with Crippen LogP contribution in [0, 0.1) is 0 Å². The lowest BCUT2D eigenvalue weighted by Crippen LogP contribution is -2.03. The fourth-order valence-corrected chi connectivity index (χ4v) is 2.32. The van der Waals surface area contributed by atoms with Gasteiger partial charge in [-0.2, -0.15) is 0 Å². The molecule has 0 aliphatic carbocycles. The molecule has 4 heteroatoms. The maximum Gasteiger partial charge on any atom is 0.298 e. The summed E-state index contributed by atoms with van der Waals surface area (Å²) in [6, 6.07) is 12.0. The Balaban J connectivity index is 1.55. The van der Waals surface area contributed by atoms with Gasteiger partial charge in [-0.15, -0.1) is 0 Å². The first-order chi connectivity index (χ1) is 10.3. The number of fused-ring (bicyclic) bond motifs is 1. The monoisotopic (exact) mass is 286 g/mol. The van der Waals surface area contributed by atoms with E-state index in [4.69, 9.17) is 14.2 Å². The van der Waals surface area contributed by atoms with Crippen molar-refractivity contribution in [1.29, 1.82) is 0 Å². The van der Waals surface area contributed by atoms with E-state index in [0.29, 0.717) is 18.3 Å². The van der Waals surface area contributed by atoms with Crippen molar-refractivity contribution in [3.05, 3.63) is 42.0 Å². The van der Waals surface area contributed by atoms with Crippen LogP contribution in [-0.4, -0.2) is 32.4 Å². The third kappa shape index (κ3) is 4.03. The number of benzene rings is 2. The zero-order valence-electron chi connectivity index (χ0n) is 11.8. The second kappa shape index (κ2) is 6.70. The van der Waals surface area contributed by atoms with E-state index in [9.17, 15) is 4.79 Å². The van der Waals surface area contributed by atoms with E-state index in [0.717, 1.165) is 43.4 Å². The Morgan fingerprint density at radius 1 is 1.19 bits per heavy atom. The second-order valence-electron chi connectivity index (χ2n) is 5.19. The van der Waals surface area contributed by atoms with Gasteiger partial charge >= 0.3 is 0 Å². The first kappa shape index (κ1) is 14.0. The van der Waals surface area contributed by atoms with Gasteiger partial charge in [0.05, 0.1) is 13.2 Å². The maximum absolute atomic E-state index is 10.3. The number of hydrogen-bond acceptors (Lipinski definition) is 4. The van der Waals surface area contributed by atoms with Gasteiger partial charge in [0.25, 0.3) is 6.47 Å². The van der Waals surface area contributed by atoms with Crippen molar-refractivity contribution in [1.82, 2.24) is 0 Å². The molecule has 0 aromatic heterocycles. The van der Waals surface area contributed by atoms with E-state index in [1.165, 1.54) is 5.56 Å². The van der Waals surface area contributed by atoms with Crippen LogP contribution >= 0.6 is 0 Å². The molecule has 1 fully saturated rings. The van der Waals surface area contributed by atoms with E-state index in [-0.39, 0.29) is 0 Å². The Morgan fingerprint density at radius 2 is 2.00 bits per heavy atom. The Labute approximate surface area is 123 Å². The summed E-state index contributed by atoms with van der Waals surface area (Å²) in [6.45, 7) is 2.78. The summed E-state index contributed by atoms with van der Waals surface area (Å²) in [6.07, 6.45) is 2.34. The number of hydrogen-bond donors (Lipinski definition) is 0. The molecule has 2 aromatic rings. The fourth-order valence-electron chi connectivity index (χ4n) is 2.32. The summed E-state index contributed by atoms with van der Waals surface area (Å²) in [5, 5.41) is 2.22. The predicted molar refractivity (Wildman–Crippen MR) is 79.5 cm³/mol. The highest BCUT2D eigenvalue weighted by atomic mass is 16.6. The molecule has 1 heterocycles. The third-order valence-corrected chi connectivity index (χ3v) is 3.52. The maximum atomic E-state index is 10.3. The Kier molecular flexibility index (Phi) is 4.48. The molecule has 1 aliphatic rings. The van der Waals surface area contributed by atoms with Crippen molar-refractivity contribution in [2.24, 2.45) is 0 Å². The van der Waals surface area contributed by atoms with Crippen LogP contribution in [0.15, 0.2) is 36.4 Å². The van der Waals surface area contributed by atoms with Crippen LogP contribution < -0.4 is 4.74 Å². The summed E-state index contributed by atoms with van der Waals surface area (Å²) >= 11 is 0. The molecule has 0 N–H and O–H groups in total. The summed E-state index contributed by atoms with van der Waals surface area (Å²) in [5.41, 5.74) is 1.29. The highest BCUT2D eigenvalue weighted by Crippen LogP contribution is 2.22. The standard InChI is InChI=1S/C17H18O4/c18-12-21-16-6-5-14-8-13(3-4-15(14)9-16)2-1-7-19-10-17-11-20-17/h3-6,8-9,12,17H,1-2,7,10-11H2. The van der Waals surface area contributed by atoms with E-state index in [1.807, 2.05) is 12.1 Å². The van der Waals surface area contributed by atoms with E-state index < -0.39 is 0 Å². The molecule has 0 amide bonds. The molecule has 21 heavy (non-hydrogen) atoms. The molecule has 4 nitrogen and oxygen atoms in total. The normalized spacial score (nSPS) is 16.9. The summed E-state index contributed by atoms with van der Waals surface area (Å²) in [5.74, 6) is 0.570. The van der Waals surface area contributed by atoms with Gasteiger partial charge in [0.1, 0.15) is 11.9 Å². The van der Waals surface area contributed by atoms with Gasteiger partial charge in [0, 0.05) is 6.61 Å². The molecule has 0 radical (unpaired) electrons. The third-order valence-electron chi connectivity index (χ3n) is 3.52. The molecular weight excluding hydrogens is 268 g/mol. The van der Waals surface area contributed by atoms with Crippen molar-refractivity contribution >= 4 is 17.2 Å². The number of rotatable bonds is 8. The van der Waals surface area contributed by atoms with E-state index in [1.54, 1.807) is 6.07 Å². The molecule has 0 bridgehead atoms. The van der Waals surface area contributed by atoms with Crippen molar-refractivity contribution in [3.63, 3.8) is 0 Å². The first-order valence-electron chi connectivity index (χ1n) is 7.17. The van der Waals surface area contributed by atoms with Crippen LogP contribution in [0.25, 0.3) is 10.8 Å². The largest absolute Gasteiger partial charge is 0.429 e. The van der Waals surface area contributed by atoms with Crippen LogP contribution in [0.2, 0.25) is 0 Å². The molecule has 0 spiro atoms. The molecule has 1 aliphatic heterocycles. The highest BCUT2D eigenvalue weighted by molar-refractivity contribution is 5.84. The van der Waals surface area contributed by atoms with Crippen LogP contribution in [0.3, 0.4) is 0 Å². The van der Waals surface area contributed by atoms with Crippen molar-refractivity contribution < 1.29 is 19.0 Å². The van der Waals surface area contributed by atoms with Gasteiger partial charge in [-0.1, -0.05) is 24.3 Å². The number of carbonyl (C=O) groups excluding carboxylic acids is 1. The minimum Gasteiger partial charge on any atom is -0.429 e. The summed E-state index contributed by atoms with van der Waals surface area (Å²) < 4.78 is 15.5. The Bertz CT molecular complexity index is 619. The minimum atomic E-state index is 0.341. The van der Waals surface area contributed by atoms with Gasteiger partial charge in [-0.3, -0.25) is 4.79 Å². The lowest BCUT2D eigenvalue weighted by Gasteiger charge is -2.06. The zero-order chi connectivity index (χ0) is 14.5. The van der Waals surface area contributed by atoms with Crippen LogP contribution in [0.1, 0.15) is 12.0 Å². The average molecular weight is 286 g/mol. The first-order valence-corrected chi connectivity index (χ1v) is 7.17. The molecule has 3 rings (SSSR count). The SMILES string of the molecule is O=COc1ccc2cc(CCCOCC3CO3)ccc2c1.